The molecule has 2 rings (SSSR count). The molecule has 0 N–H and O–H groups in total. The van der Waals surface area contributed by atoms with Crippen LogP contribution in [0.2, 0.25) is 0 Å². The minimum Gasteiger partial charge on any atom is -0.465 e. The molecule has 0 amide bonds. The molecule has 4 nitrogen and oxygen atoms in total. The van der Waals surface area contributed by atoms with Crippen molar-refractivity contribution in [2.24, 2.45) is 0 Å². The molecule has 0 aliphatic carbocycles. The molecular formula is C18H18O4. The first kappa shape index (κ1) is 15.8. The first-order valence-electron chi connectivity index (χ1n) is 6.99. The van der Waals surface area contributed by atoms with Crippen LogP contribution in [0.4, 0.5) is 0 Å². The number of ether oxygens (including phenoxy) is 1. The average molecular weight is 298 g/mol. The molecule has 2 aromatic rings. The summed E-state index contributed by atoms with van der Waals surface area (Å²) in [4.78, 5) is 23.7. The fraction of sp³-hybridized carbons (Fsp3) is 0.222. The van der Waals surface area contributed by atoms with Gasteiger partial charge in [-0.15, -0.1) is 0 Å². The van der Waals surface area contributed by atoms with Crippen LogP contribution >= 0.6 is 0 Å². The lowest BCUT2D eigenvalue weighted by Crippen LogP contribution is -2.03. The number of aryl methyl sites for hydroxylation is 1. The molecule has 0 radical (unpaired) electrons. The average Bonchev–Trinajstić information content (AvgIpc) is 2.98. The van der Waals surface area contributed by atoms with Crippen LogP contribution in [0.5, 0.6) is 0 Å². The van der Waals surface area contributed by atoms with Gasteiger partial charge in [0.25, 0.3) is 0 Å². The van der Waals surface area contributed by atoms with Gasteiger partial charge in [0.05, 0.1) is 7.11 Å². The molecule has 4 heteroatoms. The molecule has 1 heterocycles. The molecule has 0 saturated carbocycles. The van der Waals surface area contributed by atoms with Crippen LogP contribution < -0.4 is 0 Å². The lowest BCUT2D eigenvalue weighted by atomic mass is 10.0. The van der Waals surface area contributed by atoms with Gasteiger partial charge >= 0.3 is 5.97 Å². The third-order valence-corrected chi connectivity index (χ3v) is 3.41. The van der Waals surface area contributed by atoms with Gasteiger partial charge in [-0.3, -0.25) is 4.79 Å². The number of ketones is 1. The summed E-state index contributed by atoms with van der Waals surface area (Å²) in [7, 11) is 1.29. The van der Waals surface area contributed by atoms with Crippen molar-refractivity contribution >= 4 is 17.3 Å². The molecule has 0 fully saturated rings. The van der Waals surface area contributed by atoms with Gasteiger partial charge in [-0.2, -0.15) is 0 Å². The number of methoxy groups -OCH3 is 1. The number of carbonyl (C=O) groups is 2. The molecular weight excluding hydrogens is 280 g/mol. The maximum absolute atomic E-state index is 11.9. The Bertz CT molecular complexity index is 720. The Labute approximate surface area is 129 Å². The molecule has 0 bridgehead atoms. The number of hydrogen-bond acceptors (Lipinski definition) is 4. The molecule has 0 atom stereocenters. The van der Waals surface area contributed by atoms with Gasteiger partial charge in [-0.05, 0) is 12.5 Å². The minimum atomic E-state index is -0.554. The van der Waals surface area contributed by atoms with Crippen LogP contribution in [-0.4, -0.2) is 18.9 Å². The minimum absolute atomic E-state index is 0.145. The number of esters is 1. The van der Waals surface area contributed by atoms with E-state index in [-0.39, 0.29) is 22.9 Å². The van der Waals surface area contributed by atoms with E-state index in [1.807, 2.05) is 31.2 Å². The van der Waals surface area contributed by atoms with E-state index in [1.165, 1.54) is 13.2 Å². The van der Waals surface area contributed by atoms with Gasteiger partial charge in [0.2, 0.25) is 0 Å². The Kier molecular flexibility index (Phi) is 4.61. The summed E-state index contributed by atoms with van der Waals surface area (Å²) in [6, 6.07) is 9.09. The summed E-state index contributed by atoms with van der Waals surface area (Å²) in [5.41, 5.74) is 2.69. The van der Waals surface area contributed by atoms with E-state index in [4.69, 9.17) is 9.15 Å². The fourth-order valence-electron chi connectivity index (χ4n) is 2.07. The van der Waals surface area contributed by atoms with Crippen LogP contribution in [0.3, 0.4) is 0 Å². The van der Waals surface area contributed by atoms with Crippen LogP contribution in [0.15, 0.2) is 41.3 Å². The standard InChI is InChI=1S/C18H18O4/c1-5-15(19)16-10-14(18(20)21-4)17(22-16)12(3)13-8-6-11(2)7-9-13/h6-10H,3,5H2,1-2,4H3. The molecule has 1 aromatic carbocycles. The summed E-state index contributed by atoms with van der Waals surface area (Å²) in [6.07, 6.45) is 0.296. The van der Waals surface area contributed by atoms with Crippen molar-refractivity contribution in [1.29, 1.82) is 0 Å². The van der Waals surface area contributed by atoms with Gasteiger partial charge in [0, 0.05) is 18.1 Å². The topological polar surface area (TPSA) is 56.5 Å². The van der Waals surface area contributed by atoms with Crippen molar-refractivity contribution in [1.82, 2.24) is 0 Å². The van der Waals surface area contributed by atoms with Crippen molar-refractivity contribution in [2.45, 2.75) is 20.3 Å². The zero-order valence-corrected chi connectivity index (χ0v) is 12.9. The molecule has 0 saturated heterocycles. The van der Waals surface area contributed by atoms with Gasteiger partial charge in [-0.25, -0.2) is 4.79 Å². The highest BCUT2D eigenvalue weighted by Gasteiger charge is 2.23. The van der Waals surface area contributed by atoms with E-state index in [9.17, 15) is 9.59 Å². The Balaban J connectivity index is 2.50. The van der Waals surface area contributed by atoms with Crippen molar-refractivity contribution < 1.29 is 18.7 Å². The predicted octanol–water partition coefficient (Wildman–Crippen LogP) is 4.03. The van der Waals surface area contributed by atoms with Crippen molar-refractivity contribution in [3.63, 3.8) is 0 Å². The molecule has 0 aliphatic heterocycles. The van der Waals surface area contributed by atoms with Crippen LogP contribution in [0, 0.1) is 6.92 Å². The van der Waals surface area contributed by atoms with Crippen molar-refractivity contribution in [3.8, 4) is 0 Å². The highest BCUT2D eigenvalue weighted by Crippen LogP contribution is 2.29. The molecule has 0 aliphatic rings. The summed E-state index contributed by atoms with van der Waals surface area (Å²) < 4.78 is 10.3. The third kappa shape index (κ3) is 3.01. The van der Waals surface area contributed by atoms with Crippen LogP contribution in [0.25, 0.3) is 5.57 Å². The smallest absolute Gasteiger partial charge is 0.341 e. The van der Waals surface area contributed by atoms with E-state index in [1.54, 1.807) is 6.92 Å². The summed E-state index contributed by atoms with van der Waals surface area (Å²) in [5, 5.41) is 0. The number of Topliss-reactive ketones (excluding diaryl/α,β-unsaturated/α-hetero) is 1. The van der Waals surface area contributed by atoms with Crippen LogP contribution in [0.1, 0.15) is 51.1 Å². The van der Waals surface area contributed by atoms with Gasteiger partial charge in [0.1, 0.15) is 11.3 Å². The van der Waals surface area contributed by atoms with Gasteiger partial charge in [-0.1, -0.05) is 43.3 Å². The van der Waals surface area contributed by atoms with Crippen molar-refractivity contribution in [3.05, 3.63) is 65.1 Å². The van der Waals surface area contributed by atoms with E-state index >= 15 is 0 Å². The van der Waals surface area contributed by atoms with E-state index in [0.29, 0.717) is 12.0 Å². The highest BCUT2D eigenvalue weighted by molar-refractivity contribution is 6.01. The summed E-state index contributed by atoms with van der Waals surface area (Å²) in [6.45, 7) is 7.70. The number of furan rings is 1. The zero-order chi connectivity index (χ0) is 16.3. The Morgan fingerprint density at radius 2 is 1.86 bits per heavy atom. The third-order valence-electron chi connectivity index (χ3n) is 3.41. The molecule has 114 valence electrons. The molecule has 1 aromatic heterocycles. The number of benzene rings is 1. The fourth-order valence-corrected chi connectivity index (χ4v) is 2.07. The normalized spacial score (nSPS) is 10.3. The molecule has 22 heavy (non-hydrogen) atoms. The quantitative estimate of drug-likeness (QED) is 0.617. The molecule has 0 unspecified atom stereocenters. The number of carbonyl (C=O) groups excluding carboxylic acids is 2. The highest BCUT2D eigenvalue weighted by atomic mass is 16.5. The number of rotatable bonds is 5. The largest absolute Gasteiger partial charge is 0.465 e. The number of hydrogen-bond donors (Lipinski definition) is 0. The van der Waals surface area contributed by atoms with E-state index in [2.05, 4.69) is 6.58 Å². The maximum atomic E-state index is 11.9. The second-order valence-electron chi connectivity index (χ2n) is 4.97. The lowest BCUT2D eigenvalue weighted by molar-refractivity contribution is 0.0599. The van der Waals surface area contributed by atoms with Crippen molar-refractivity contribution in [2.75, 3.05) is 7.11 Å². The first-order chi connectivity index (χ1) is 10.5. The Morgan fingerprint density at radius 1 is 1.23 bits per heavy atom. The lowest BCUT2D eigenvalue weighted by Gasteiger charge is -2.06. The summed E-state index contributed by atoms with van der Waals surface area (Å²) in [5.74, 6) is -0.311. The first-order valence-corrected chi connectivity index (χ1v) is 6.99. The predicted molar refractivity (Wildman–Crippen MR) is 84.0 cm³/mol. The van der Waals surface area contributed by atoms with Crippen LogP contribution in [-0.2, 0) is 4.74 Å². The SMILES string of the molecule is C=C(c1ccc(C)cc1)c1oc(C(=O)CC)cc1C(=O)OC. The van der Waals surface area contributed by atoms with Gasteiger partial charge < -0.3 is 9.15 Å². The second kappa shape index (κ2) is 6.43. The van der Waals surface area contributed by atoms with Gasteiger partial charge in [0.15, 0.2) is 11.5 Å². The Hall–Kier alpha value is -2.62. The summed E-state index contributed by atoms with van der Waals surface area (Å²) >= 11 is 0. The van der Waals surface area contributed by atoms with E-state index in [0.717, 1.165) is 11.1 Å². The molecule has 0 spiro atoms. The monoisotopic (exact) mass is 298 g/mol. The van der Waals surface area contributed by atoms with E-state index < -0.39 is 5.97 Å². The second-order valence-corrected chi connectivity index (χ2v) is 4.97. The Morgan fingerprint density at radius 3 is 2.41 bits per heavy atom. The zero-order valence-electron chi connectivity index (χ0n) is 12.9. The maximum Gasteiger partial charge on any atom is 0.341 e.